The smallest absolute Gasteiger partial charge is 0.335 e. The highest BCUT2D eigenvalue weighted by Crippen LogP contribution is 2.26. The number of carboxylic acids is 1. The Bertz CT molecular complexity index is 785. The maximum atomic E-state index is 11.8. The van der Waals surface area contributed by atoms with E-state index in [-0.39, 0.29) is 11.0 Å². The first-order valence-electron chi connectivity index (χ1n) is 5.35. The zero-order chi connectivity index (χ0) is 12.7. The Morgan fingerprint density at radius 2 is 1.89 bits per heavy atom. The Hall–Kier alpha value is -2.62. The summed E-state index contributed by atoms with van der Waals surface area (Å²) in [5.41, 5.74) is 0.594. The Labute approximate surface area is 101 Å². The van der Waals surface area contributed by atoms with Gasteiger partial charge < -0.3 is 9.52 Å². The first-order valence-corrected chi connectivity index (χ1v) is 5.35. The number of benzene rings is 2. The van der Waals surface area contributed by atoms with Gasteiger partial charge in [0.05, 0.1) is 11.1 Å². The molecule has 0 unspecified atom stereocenters. The monoisotopic (exact) mass is 240 g/mol. The van der Waals surface area contributed by atoms with Crippen LogP contribution in [-0.4, -0.2) is 11.1 Å². The van der Waals surface area contributed by atoms with Crippen LogP contribution in [0.25, 0.3) is 22.3 Å². The van der Waals surface area contributed by atoms with E-state index < -0.39 is 5.97 Å². The minimum Gasteiger partial charge on any atom is -0.478 e. The first kappa shape index (κ1) is 10.5. The van der Waals surface area contributed by atoms with E-state index in [1.807, 2.05) is 18.2 Å². The summed E-state index contributed by atoms with van der Waals surface area (Å²) in [5, 5.41) is 9.71. The Morgan fingerprint density at radius 3 is 2.67 bits per heavy atom. The van der Waals surface area contributed by atoms with Crippen LogP contribution in [0.5, 0.6) is 0 Å². The van der Waals surface area contributed by atoms with Gasteiger partial charge in [-0.1, -0.05) is 18.2 Å². The lowest BCUT2D eigenvalue weighted by atomic mass is 10.0. The molecule has 0 bridgehead atoms. The van der Waals surface area contributed by atoms with Crippen molar-refractivity contribution in [2.24, 2.45) is 0 Å². The highest BCUT2D eigenvalue weighted by Gasteiger charge is 2.15. The lowest BCUT2D eigenvalue weighted by Gasteiger charge is -2.06. The second-order valence-electron chi connectivity index (χ2n) is 3.98. The second-order valence-corrected chi connectivity index (χ2v) is 3.98. The van der Waals surface area contributed by atoms with Crippen molar-refractivity contribution in [3.63, 3.8) is 0 Å². The Balaban J connectivity index is 2.44. The molecule has 0 radical (unpaired) electrons. The van der Waals surface area contributed by atoms with Crippen LogP contribution in [0.3, 0.4) is 0 Å². The van der Waals surface area contributed by atoms with Gasteiger partial charge in [0.2, 0.25) is 0 Å². The first-order chi connectivity index (χ1) is 8.65. The predicted octanol–water partition coefficient (Wildman–Crippen LogP) is 2.60. The molecule has 0 saturated carbocycles. The van der Waals surface area contributed by atoms with Crippen molar-refractivity contribution >= 4 is 16.9 Å². The fraction of sp³-hybridized carbons (Fsp3) is 0. The number of aromatic carboxylic acids is 1. The molecule has 1 heterocycles. The number of para-hydroxylation sites is 1. The van der Waals surface area contributed by atoms with Crippen molar-refractivity contribution < 1.29 is 14.3 Å². The standard InChI is InChI=1S/C14H8O4/c15-11-6-9(14(16)17)7-13-10(11)5-8-3-1-2-4-12(8)18-13/h1-7H,(H,16,17). The van der Waals surface area contributed by atoms with Gasteiger partial charge in [-0.3, -0.25) is 4.79 Å². The third kappa shape index (κ3) is 1.55. The topological polar surface area (TPSA) is 67.5 Å². The van der Waals surface area contributed by atoms with Gasteiger partial charge in [0.15, 0.2) is 5.43 Å². The molecule has 3 rings (SSSR count). The molecule has 88 valence electrons. The molecule has 1 aromatic carbocycles. The normalized spacial score (nSPS) is 10.9. The van der Waals surface area contributed by atoms with Crippen LogP contribution in [0.1, 0.15) is 10.4 Å². The molecule has 1 aliphatic heterocycles. The van der Waals surface area contributed by atoms with E-state index in [9.17, 15) is 9.59 Å². The van der Waals surface area contributed by atoms with Gasteiger partial charge in [-0.15, -0.1) is 0 Å². The van der Waals surface area contributed by atoms with E-state index in [1.165, 1.54) is 6.07 Å². The summed E-state index contributed by atoms with van der Waals surface area (Å²) in [4.78, 5) is 22.7. The summed E-state index contributed by atoms with van der Waals surface area (Å²) in [6.07, 6.45) is 0. The number of fused-ring (bicyclic) bond motifs is 2. The highest BCUT2D eigenvalue weighted by molar-refractivity contribution is 5.91. The van der Waals surface area contributed by atoms with Crippen LogP contribution >= 0.6 is 0 Å². The number of hydrogen-bond acceptors (Lipinski definition) is 3. The molecule has 2 aliphatic rings. The van der Waals surface area contributed by atoms with E-state index in [0.717, 1.165) is 11.5 Å². The minimum absolute atomic E-state index is 0.0634. The molecule has 0 fully saturated rings. The van der Waals surface area contributed by atoms with Gasteiger partial charge in [0, 0.05) is 11.5 Å². The van der Waals surface area contributed by atoms with Crippen molar-refractivity contribution in [2.45, 2.75) is 0 Å². The summed E-state index contributed by atoms with van der Waals surface area (Å²) >= 11 is 0. The quantitative estimate of drug-likeness (QED) is 0.664. The molecule has 0 aromatic heterocycles. The summed E-state index contributed by atoms with van der Waals surface area (Å²) in [5.74, 6) is -0.851. The highest BCUT2D eigenvalue weighted by atomic mass is 16.4. The van der Waals surface area contributed by atoms with Crippen molar-refractivity contribution in [1.29, 1.82) is 0 Å². The molecule has 4 nitrogen and oxygen atoms in total. The van der Waals surface area contributed by atoms with Crippen LogP contribution in [0.2, 0.25) is 0 Å². The average Bonchev–Trinajstić information content (AvgIpc) is 2.36. The summed E-state index contributed by atoms with van der Waals surface area (Å²) in [6.45, 7) is 0. The van der Waals surface area contributed by atoms with Gasteiger partial charge in [0.25, 0.3) is 0 Å². The van der Waals surface area contributed by atoms with E-state index in [4.69, 9.17) is 9.52 Å². The number of carboxylic acid groups (broad SMARTS) is 1. The third-order valence-electron chi connectivity index (χ3n) is 2.79. The summed E-state index contributed by atoms with van der Waals surface area (Å²) in [7, 11) is 0. The zero-order valence-corrected chi connectivity index (χ0v) is 9.21. The van der Waals surface area contributed by atoms with Crippen molar-refractivity contribution in [3.8, 4) is 11.3 Å². The maximum Gasteiger partial charge on any atom is 0.335 e. The molecule has 4 heteroatoms. The molecule has 1 N–H and O–H groups in total. The Morgan fingerprint density at radius 1 is 1.11 bits per heavy atom. The average molecular weight is 240 g/mol. The predicted molar refractivity (Wildman–Crippen MR) is 66.1 cm³/mol. The summed E-state index contributed by atoms with van der Waals surface area (Å²) < 4.78 is 5.55. The maximum absolute atomic E-state index is 11.8. The largest absolute Gasteiger partial charge is 0.478 e. The lowest BCUT2D eigenvalue weighted by molar-refractivity contribution is 0.0696. The van der Waals surface area contributed by atoms with E-state index >= 15 is 0 Å². The van der Waals surface area contributed by atoms with Crippen LogP contribution in [0.15, 0.2) is 51.7 Å². The summed E-state index contributed by atoms with van der Waals surface area (Å²) in [6, 6.07) is 11.5. The molecule has 1 aromatic rings. The zero-order valence-electron chi connectivity index (χ0n) is 9.21. The van der Waals surface area contributed by atoms with Gasteiger partial charge >= 0.3 is 5.97 Å². The van der Waals surface area contributed by atoms with Gasteiger partial charge in [-0.25, -0.2) is 4.79 Å². The fourth-order valence-corrected chi connectivity index (χ4v) is 1.92. The van der Waals surface area contributed by atoms with E-state index in [0.29, 0.717) is 16.9 Å². The number of carbonyl (C=O) groups is 1. The molecule has 0 spiro atoms. The minimum atomic E-state index is -1.14. The van der Waals surface area contributed by atoms with Gasteiger partial charge in [-0.2, -0.15) is 0 Å². The SMILES string of the molecule is O=C(O)c1cc2oc3ccccc3cc-2c(=O)c1. The van der Waals surface area contributed by atoms with Gasteiger partial charge in [-0.05, 0) is 18.2 Å². The van der Waals surface area contributed by atoms with Crippen molar-refractivity contribution in [2.75, 3.05) is 0 Å². The van der Waals surface area contributed by atoms with E-state index in [1.54, 1.807) is 12.1 Å². The van der Waals surface area contributed by atoms with Crippen LogP contribution in [0.4, 0.5) is 0 Å². The van der Waals surface area contributed by atoms with Crippen LogP contribution in [0, 0.1) is 0 Å². The molecule has 0 amide bonds. The molecule has 1 aliphatic carbocycles. The molecular weight excluding hydrogens is 232 g/mol. The molecule has 18 heavy (non-hydrogen) atoms. The van der Waals surface area contributed by atoms with E-state index in [2.05, 4.69) is 0 Å². The second kappa shape index (κ2) is 3.70. The Kier molecular flexibility index (Phi) is 2.16. The lowest BCUT2D eigenvalue weighted by Crippen LogP contribution is -2.09. The third-order valence-corrected chi connectivity index (χ3v) is 2.79. The van der Waals surface area contributed by atoms with Crippen molar-refractivity contribution in [1.82, 2.24) is 0 Å². The van der Waals surface area contributed by atoms with Gasteiger partial charge in [0.1, 0.15) is 11.3 Å². The molecule has 0 saturated heterocycles. The number of rotatable bonds is 1. The fourth-order valence-electron chi connectivity index (χ4n) is 1.92. The molecule has 0 atom stereocenters. The van der Waals surface area contributed by atoms with Crippen LogP contribution in [-0.2, 0) is 0 Å². The molecular formula is C14H8O4. The number of hydrogen-bond donors (Lipinski definition) is 1. The van der Waals surface area contributed by atoms with Crippen LogP contribution < -0.4 is 5.43 Å². The van der Waals surface area contributed by atoms with Crippen molar-refractivity contribution in [3.05, 3.63) is 58.3 Å².